The molecular weight excluding hydrogens is 276 g/mol. The first-order valence-corrected chi connectivity index (χ1v) is 7.66. The molecule has 5 nitrogen and oxygen atoms in total. The monoisotopic (exact) mass is 304 g/mol. The Morgan fingerprint density at radius 2 is 1.90 bits per heavy atom. The quantitative estimate of drug-likeness (QED) is 0.318. The van der Waals surface area contributed by atoms with Crippen LogP contribution < -0.4 is 5.73 Å². The Morgan fingerprint density at radius 1 is 1.15 bits per heavy atom. The number of thiocarbonyl (C=S) groups is 1. The molecule has 0 aromatic rings. The molecule has 0 aromatic heterocycles. The van der Waals surface area contributed by atoms with Gasteiger partial charge in [-0.15, -0.1) is 0 Å². The highest BCUT2D eigenvalue weighted by molar-refractivity contribution is 7.80. The highest BCUT2D eigenvalue weighted by Crippen LogP contribution is 2.04. The number of hydrogen-bond acceptors (Lipinski definition) is 5. The van der Waals surface area contributed by atoms with Gasteiger partial charge in [-0.3, -0.25) is 4.79 Å². The molecule has 0 radical (unpaired) electrons. The Balaban J connectivity index is 3.71. The van der Waals surface area contributed by atoms with Crippen LogP contribution in [-0.4, -0.2) is 55.8 Å². The lowest BCUT2D eigenvalue weighted by atomic mass is 10.2. The third-order valence-electron chi connectivity index (χ3n) is 2.95. The molecule has 0 aliphatic heterocycles. The predicted molar refractivity (Wildman–Crippen MR) is 84.8 cm³/mol. The number of hydrogen-bond donors (Lipinski definition) is 1. The maximum atomic E-state index is 11.2. The van der Waals surface area contributed by atoms with E-state index in [1.165, 1.54) is 0 Å². The average Bonchev–Trinajstić information content (AvgIpc) is 2.40. The largest absolute Gasteiger partial charge is 0.466 e. The molecule has 0 spiro atoms. The van der Waals surface area contributed by atoms with E-state index in [0.717, 1.165) is 45.3 Å². The number of rotatable bonds is 13. The second kappa shape index (κ2) is 13.3. The van der Waals surface area contributed by atoms with Crippen molar-refractivity contribution >= 4 is 23.2 Å². The van der Waals surface area contributed by atoms with Gasteiger partial charge in [-0.2, -0.15) is 0 Å². The summed E-state index contributed by atoms with van der Waals surface area (Å²) in [5.74, 6) is -0.0998. The van der Waals surface area contributed by atoms with Crippen LogP contribution in [0.25, 0.3) is 0 Å². The minimum atomic E-state index is -0.0998. The van der Waals surface area contributed by atoms with Crippen molar-refractivity contribution in [3.8, 4) is 0 Å². The molecule has 0 unspecified atom stereocenters. The molecule has 0 fully saturated rings. The fraction of sp³-hybridized carbons (Fsp3) is 0.857. The summed E-state index contributed by atoms with van der Waals surface area (Å²) in [4.78, 5) is 14.0. The Kier molecular flexibility index (Phi) is 12.8. The first-order chi connectivity index (χ1) is 9.60. The number of carbonyl (C=O) groups is 1. The van der Waals surface area contributed by atoms with Crippen molar-refractivity contribution in [3.63, 3.8) is 0 Å². The van der Waals surface area contributed by atoms with Crippen molar-refractivity contribution < 1.29 is 14.3 Å². The van der Waals surface area contributed by atoms with Crippen molar-refractivity contribution in [2.45, 2.75) is 39.0 Å². The maximum absolute atomic E-state index is 11.2. The van der Waals surface area contributed by atoms with Crippen LogP contribution in [0.15, 0.2) is 0 Å². The van der Waals surface area contributed by atoms with E-state index < -0.39 is 0 Å². The standard InChI is InChI=1S/C14H28N2O3S/c1-3-19-14(17)7-5-4-6-9-16(11-12-18-2)10-8-13(15)20/h3-12H2,1-2H3,(H2,15,20). The SMILES string of the molecule is CCOC(=O)CCCCCN(CCOC)CCC(N)=S. The van der Waals surface area contributed by atoms with Crippen LogP contribution in [0.5, 0.6) is 0 Å². The van der Waals surface area contributed by atoms with Gasteiger partial charge in [0.15, 0.2) is 0 Å². The van der Waals surface area contributed by atoms with Gasteiger partial charge in [0.2, 0.25) is 0 Å². The molecule has 2 N–H and O–H groups in total. The van der Waals surface area contributed by atoms with Crippen LogP contribution in [0.2, 0.25) is 0 Å². The third kappa shape index (κ3) is 12.3. The molecule has 6 heteroatoms. The molecule has 0 aliphatic carbocycles. The van der Waals surface area contributed by atoms with Gasteiger partial charge in [0.25, 0.3) is 0 Å². The first-order valence-electron chi connectivity index (χ1n) is 7.25. The molecule has 0 aliphatic rings. The summed E-state index contributed by atoms with van der Waals surface area (Å²) in [5.41, 5.74) is 5.53. The van der Waals surface area contributed by atoms with E-state index in [2.05, 4.69) is 4.90 Å². The number of methoxy groups -OCH3 is 1. The Hall–Kier alpha value is -0.720. The van der Waals surface area contributed by atoms with Crippen LogP contribution in [0, 0.1) is 0 Å². The van der Waals surface area contributed by atoms with Crippen molar-refractivity contribution in [2.75, 3.05) is 40.0 Å². The lowest BCUT2D eigenvalue weighted by molar-refractivity contribution is -0.143. The van der Waals surface area contributed by atoms with Crippen LogP contribution in [0.3, 0.4) is 0 Å². The van der Waals surface area contributed by atoms with E-state index in [0.29, 0.717) is 24.6 Å². The molecule has 0 rings (SSSR count). The van der Waals surface area contributed by atoms with Crippen LogP contribution in [0.1, 0.15) is 39.0 Å². The van der Waals surface area contributed by atoms with Gasteiger partial charge >= 0.3 is 5.97 Å². The highest BCUT2D eigenvalue weighted by Gasteiger charge is 2.06. The molecule has 0 bridgehead atoms. The van der Waals surface area contributed by atoms with E-state index in [4.69, 9.17) is 27.4 Å². The van der Waals surface area contributed by atoms with E-state index in [9.17, 15) is 4.79 Å². The van der Waals surface area contributed by atoms with Crippen molar-refractivity contribution in [3.05, 3.63) is 0 Å². The van der Waals surface area contributed by atoms with Gasteiger partial charge in [-0.1, -0.05) is 18.6 Å². The van der Waals surface area contributed by atoms with Gasteiger partial charge in [-0.05, 0) is 26.3 Å². The topological polar surface area (TPSA) is 64.8 Å². The fourth-order valence-electron chi connectivity index (χ4n) is 1.84. The first kappa shape index (κ1) is 19.3. The van der Waals surface area contributed by atoms with Gasteiger partial charge in [-0.25, -0.2) is 0 Å². The maximum Gasteiger partial charge on any atom is 0.305 e. The number of esters is 1. The van der Waals surface area contributed by atoms with Crippen LogP contribution in [0.4, 0.5) is 0 Å². The minimum Gasteiger partial charge on any atom is -0.466 e. The third-order valence-corrected chi connectivity index (χ3v) is 3.15. The summed E-state index contributed by atoms with van der Waals surface area (Å²) in [6.07, 6.45) is 4.21. The molecular formula is C14H28N2O3S. The van der Waals surface area contributed by atoms with Gasteiger partial charge < -0.3 is 20.1 Å². The zero-order valence-corrected chi connectivity index (χ0v) is 13.5. The normalized spacial score (nSPS) is 10.8. The van der Waals surface area contributed by atoms with Gasteiger partial charge in [0, 0.05) is 33.0 Å². The molecule has 0 saturated carbocycles. The molecule has 20 heavy (non-hydrogen) atoms. The summed E-state index contributed by atoms with van der Waals surface area (Å²) in [6, 6.07) is 0. The number of nitrogens with zero attached hydrogens (tertiary/aromatic N) is 1. The second-order valence-electron chi connectivity index (χ2n) is 4.67. The number of ether oxygens (including phenoxy) is 2. The summed E-state index contributed by atoms with van der Waals surface area (Å²) < 4.78 is 9.99. The molecule has 0 heterocycles. The van der Waals surface area contributed by atoms with Crippen molar-refractivity contribution in [1.29, 1.82) is 0 Å². The lowest BCUT2D eigenvalue weighted by Gasteiger charge is -2.21. The Morgan fingerprint density at radius 3 is 2.50 bits per heavy atom. The van der Waals surface area contributed by atoms with Crippen LogP contribution >= 0.6 is 12.2 Å². The fourth-order valence-corrected chi connectivity index (χ4v) is 1.93. The summed E-state index contributed by atoms with van der Waals surface area (Å²) >= 11 is 4.90. The van der Waals surface area contributed by atoms with Crippen molar-refractivity contribution in [2.24, 2.45) is 5.73 Å². The van der Waals surface area contributed by atoms with Gasteiger partial charge in [0.1, 0.15) is 0 Å². The average molecular weight is 304 g/mol. The zero-order valence-electron chi connectivity index (χ0n) is 12.7. The van der Waals surface area contributed by atoms with E-state index >= 15 is 0 Å². The van der Waals surface area contributed by atoms with Crippen molar-refractivity contribution in [1.82, 2.24) is 4.90 Å². The van der Waals surface area contributed by atoms with E-state index in [-0.39, 0.29) is 5.97 Å². The van der Waals surface area contributed by atoms with Crippen LogP contribution in [-0.2, 0) is 14.3 Å². The minimum absolute atomic E-state index is 0.0998. The van der Waals surface area contributed by atoms with E-state index in [1.807, 2.05) is 6.92 Å². The number of unbranched alkanes of at least 4 members (excludes halogenated alkanes) is 2. The second-order valence-corrected chi connectivity index (χ2v) is 5.19. The highest BCUT2D eigenvalue weighted by atomic mass is 32.1. The molecule has 0 aromatic carbocycles. The summed E-state index contributed by atoms with van der Waals surface area (Å²) in [6.45, 7) is 5.73. The zero-order chi connectivity index (χ0) is 15.2. The smallest absolute Gasteiger partial charge is 0.305 e. The summed E-state index contributed by atoms with van der Waals surface area (Å²) in [7, 11) is 1.70. The number of nitrogens with two attached hydrogens (primary N) is 1. The molecule has 0 atom stereocenters. The number of carbonyl (C=O) groups excluding carboxylic acids is 1. The Bertz CT molecular complexity index is 275. The Labute approximate surface area is 127 Å². The molecule has 118 valence electrons. The predicted octanol–water partition coefficient (Wildman–Crippen LogP) is 1.73. The van der Waals surface area contributed by atoms with Gasteiger partial charge in [0.05, 0.1) is 18.2 Å². The lowest BCUT2D eigenvalue weighted by Crippen LogP contribution is -2.31. The van der Waals surface area contributed by atoms with E-state index in [1.54, 1.807) is 7.11 Å². The molecule has 0 amide bonds. The summed E-state index contributed by atoms with van der Waals surface area (Å²) in [5, 5.41) is 0. The molecule has 0 saturated heterocycles.